The number of carbonyl (C=O) groups is 1. The van der Waals surface area contributed by atoms with Gasteiger partial charge in [0, 0.05) is 17.0 Å². The Hall–Kier alpha value is -3.19. The number of rotatable bonds is 6. The quantitative estimate of drug-likeness (QED) is 0.376. The number of anilines is 1. The van der Waals surface area contributed by atoms with Crippen LogP contribution in [0.2, 0.25) is 0 Å². The maximum absolute atomic E-state index is 12.4. The molecule has 2 aromatic heterocycles. The van der Waals surface area contributed by atoms with Crippen LogP contribution in [0.15, 0.2) is 66.2 Å². The lowest BCUT2D eigenvalue weighted by Gasteiger charge is -2.07. The summed E-state index contributed by atoms with van der Waals surface area (Å²) >= 11 is 1.61. The van der Waals surface area contributed by atoms with Gasteiger partial charge in [-0.2, -0.15) is 0 Å². The third-order valence-corrected chi connectivity index (χ3v) is 5.46. The minimum atomic E-state index is -0.113. The Balaban J connectivity index is 1.39. The highest BCUT2D eigenvalue weighted by atomic mass is 32.2. The van der Waals surface area contributed by atoms with Crippen molar-refractivity contribution >= 4 is 34.5 Å². The van der Waals surface area contributed by atoms with Gasteiger partial charge in [0.25, 0.3) is 5.91 Å². The van der Waals surface area contributed by atoms with Crippen LogP contribution in [0, 0.1) is 0 Å². The number of thioether (sulfide) groups is 1. The molecule has 0 saturated heterocycles. The number of amides is 1. The molecule has 2 heterocycles. The first kappa shape index (κ1) is 18.2. The van der Waals surface area contributed by atoms with Crippen molar-refractivity contribution in [2.24, 2.45) is 0 Å². The summed E-state index contributed by atoms with van der Waals surface area (Å²) in [6.45, 7) is 2.11. The van der Waals surface area contributed by atoms with Crippen LogP contribution in [0.1, 0.15) is 28.4 Å². The molecule has 0 bridgehead atoms. The zero-order chi connectivity index (χ0) is 19.3. The van der Waals surface area contributed by atoms with Crippen LogP contribution in [-0.4, -0.2) is 25.8 Å². The molecule has 6 nitrogen and oxygen atoms in total. The average molecular weight is 389 g/mol. The van der Waals surface area contributed by atoms with E-state index >= 15 is 0 Å². The van der Waals surface area contributed by atoms with Crippen molar-refractivity contribution < 1.29 is 4.79 Å². The largest absolute Gasteiger partial charge is 0.341 e. The molecule has 4 aromatic rings. The topological polar surface area (TPSA) is 83.6 Å². The molecule has 0 unspecified atom stereocenters. The summed E-state index contributed by atoms with van der Waals surface area (Å²) in [7, 11) is 0. The third kappa shape index (κ3) is 4.04. The molecular formula is C21H19N5OS. The van der Waals surface area contributed by atoms with Crippen molar-refractivity contribution in [1.29, 1.82) is 0 Å². The number of hydrogen-bond acceptors (Lipinski definition) is 5. The molecule has 2 N–H and O–H groups in total. The van der Waals surface area contributed by atoms with Gasteiger partial charge in [-0.15, -0.1) is 0 Å². The Bertz CT molecular complexity index is 1090. The summed E-state index contributed by atoms with van der Waals surface area (Å²) in [5, 5.41) is 3.79. The molecule has 0 aliphatic rings. The van der Waals surface area contributed by atoms with Gasteiger partial charge in [-0.25, -0.2) is 15.0 Å². The lowest BCUT2D eigenvalue weighted by atomic mass is 10.1. The standard InChI is InChI=1S/C21H19N5OS/c1-2-14-5-9-17(10-6-14)26-20(27)16-7-3-15(4-8-16)11-28-21-18-19(23-12-22-18)24-13-25-21/h3-10,12-13H,2,11H2,1H3,(H,26,27)(H,22,23,24,25). The fourth-order valence-corrected chi connectivity index (χ4v) is 3.70. The van der Waals surface area contributed by atoms with E-state index in [0.717, 1.165) is 34.0 Å². The van der Waals surface area contributed by atoms with Crippen molar-refractivity contribution in [2.75, 3.05) is 5.32 Å². The van der Waals surface area contributed by atoms with Gasteiger partial charge < -0.3 is 10.3 Å². The smallest absolute Gasteiger partial charge is 0.255 e. The van der Waals surface area contributed by atoms with Crippen molar-refractivity contribution in [3.63, 3.8) is 0 Å². The normalized spacial score (nSPS) is 10.9. The van der Waals surface area contributed by atoms with Crippen molar-refractivity contribution in [2.45, 2.75) is 24.1 Å². The minimum absolute atomic E-state index is 0.113. The number of imidazole rings is 1. The van der Waals surface area contributed by atoms with Gasteiger partial charge in [0.1, 0.15) is 16.9 Å². The number of aryl methyl sites for hydroxylation is 1. The molecular weight excluding hydrogens is 370 g/mol. The lowest BCUT2D eigenvalue weighted by Crippen LogP contribution is -2.11. The summed E-state index contributed by atoms with van der Waals surface area (Å²) < 4.78 is 0. The molecule has 0 fully saturated rings. The van der Waals surface area contributed by atoms with E-state index in [2.05, 4.69) is 32.2 Å². The number of H-pyrrole nitrogens is 1. The minimum Gasteiger partial charge on any atom is -0.341 e. The maximum atomic E-state index is 12.4. The number of nitrogens with one attached hydrogen (secondary N) is 2. The third-order valence-electron chi connectivity index (χ3n) is 4.40. The van der Waals surface area contributed by atoms with Gasteiger partial charge in [0.05, 0.1) is 6.33 Å². The van der Waals surface area contributed by atoms with E-state index in [1.54, 1.807) is 18.1 Å². The highest BCUT2D eigenvalue weighted by molar-refractivity contribution is 7.98. The van der Waals surface area contributed by atoms with Crippen LogP contribution in [-0.2, 0) is 12.2 Å². The Kier molecular flexibility index (Phi) is 5.34. The predicted octanol–water partition coefficient (Wildman–Crippen LogP) is 4.46. The number of benzene rings is 2. The SMILES string of the molecule is CCc1ccc(NC(=O)c2ccc(CSc3ncnc4nc[nH]c34)cc2)cc1. The highest BCUT2D eigenvalue weighted by Gasteiger charge is 2.09. The summed E-state index contributed by atoms with van der Waals surface area (Å²) in [6, 6.07) is 15.5. The zero-order valence-electron chi connectivity index (χ0n) is 15.3. The van der Waals surface area contributed by atoms with Crippen molar-refractivity contribution in [3.05, 3.63) is 77.9 Å². The molecule has 4 rings (SSSR count). The van der Waals surface area contributed by atoms with Gasteiger partial charge in [0.2, 0.25) is 0 Å². The number of aromatic nitrogens is 4. The molecule has 0 atom stereocenters. The average Bonchev–Trinajstić information content (AvgIpc) is 3.22. The Morgan fingerprint density at radius 2 is 1.75 bits per heavy atom. The molecule has 2 aromatic carbocycles. The van der Waals surface area contributed by atoms with Crippen LogP contribution in [0.25, 0.3) is 11.2 Å². The Morgan fingerprint density at radius 3 is 2.50 bits per heavy atom. The number of aromatic amines is 1. The summed E-state index contributed by atoms with van der Waals surface area (Å²) in [5.41, 5.74) is 5.30. The second-order valence-corrected chi connectivity index (χ2v) is 7.23. The van der Waals surface area contributed by atoms with Gasteiger partial charge >= 0.3 is 0 Å². The molecule has 0 spiro atoms. The first-order valence-electron chi connectivity index (χ1n) is 8.99. The van der Waals surface area contributed by atoms with Gasteiger partial charge in [-0.1, -0.05) is 43.0 Å². The van der Waals surface area contributed by atoms with Crippen LogP contribution in [0.5, 0.6) is 0 Å². The maximum Gasteiger partial charge on any atom is 0.255 e. The van der Waals surface area contributed by atoms with E-state index in [9.17, 15) is 4.79 Å². The van der Waals surface area contributed by atoms with Crippen LogP contribution >= 0.6 is 11.8 Å². The van der Waals surface area contributed by atoms with Crippen molar-refractivity contribution in [1.82, 2.24) is 19.9 Å². The van der Waals surface area contributed by atoms with E-state index in [1.807, 2.05) is 48.5 Å². The Labute approximate surface area is 166 Å². The first-order chi connectivity index (χ1) is 13.7. The highest BCUT2D eigenvalue weighted by Crippen LogP contribution is 2.25. The second-order valence-electron chi connectivity index (χ2n) is 6.27. The van der Waals surface area contributed by atoms with Gasteiger partial charge in [-0.3, -0.25) is 4.79 Å². The summed E-state index contributed by atoms with van der Waals surface area (Å²) in [4.78, 5) is 28.1. The molecule has 28 heavy (non-hydrogen) atoms. The molecule has 0 saturated carbocycles. The van der Waals surface area contributed by atoms with E-state index < -0.39 is 0 Å². The van der Waals surface area contributed by atoms with E-state index in [-0.39, 0.29) is 5.91 Å². The molecule has 7 heteroatoms. The van der Waals surface area contributed by atoms with E-state index in [0.29, 0.717) is 11.2 Å². The Morgan fingerprint density at radius 1 is 1.00 bits per heavy atom. The number of nitrogens with zero attached hydrogens (tertiary/aromatic N) is 3. The van der Waals surface area contributed by atoms with E-state index in [4.69, 9.17) is 0 Å². The fraction of sp³-hybridized carbons (Fsp3) is 0.143. The van der Waals surface area contributed by atoms with Crippen LogP contribution < -0.4 is 5.32 Å². The number of hydrogen-bond donors (Lipinski definition) is 2. The van der Waals surface area contributed by atoms with Crippen molar-refractivity contribution in [3.8, 4) is 0 Å². The zero-order valence-corrected chi connectivity index (χ0v) is 16.2. The molecule has 140 valence electrons. The van der Waals surface area contributed by atoms with Gasteiger partial charge in [0.15, 0.2) is 5.65 Å². The monoisotopic (exact) mass is 389 g/mol. The molecule has 0 aliphatic heterocycles. The van der Waals surface area contributed by atoms with Crippen LogP contribution in [0.3, 0.4) is 0 Å². The summed E-state index contributed by atoms with van der Waals surface area (Å²) in [5.74, 6) is 0.629. The predicted molar refractivity (Wildman–Crippen MR) is 111 cm³/mol. The van der Waals surface area contributed by atoms with E-state index in [1.165, 1.54) is 11.9 Å². The number of fused-ring (bicyclic) bond motifs is 1. The molecule has 0 radical (unpaired) electrons. The van der Waals surface area contributed by atoms with Crippen LogP contribution in [0.4, 0.5) is 5.69 Å². The molecule has 0 aliphatic carbocycles. The molecule has 1 amide bonds. The fourth-order valence-electron chi connectivity index (χ4n) is 2.78. The summed E-state index contributed by atoms with van der Waals surface area (Å²) in [6.07, 6.45) is 4.12. The van der Waals surface area contributed by atoms with Gasteiger partial charge in [-0.05, 0) is 41.8 Å². The number of carbonyl (C=O) groups excluding carboxylic acids is 1. The second kappa shape index (κ2) is 8.22. The first-order valence-corrected chi connectivity index (χ1v) is 9.97. The lowest BCUT2D eigenvalue weighted by molar-refractivity contribution is 0.102.